The van der Waals surface area contributed by atoms with E-state index in [1.54, 1.807) is 0 Å². The number of rotatable bonds is 9. The molecule has 3 heteroatoms. The molecular formula is C10H23NOS. The normalized spacial score (nSPS) is 13.2. The highest BCUT2D eigenvalue weighted by molar-refractivity contribution is 7.98. The van der Waals surface area contributed by atoms with Crippen molar-refractivity contribution in [2.45, 2.75) is 26.2 Å². The highest BCUT2D eigenvalue weighted by Crippen LogP contribution is 2.01. The first-order valence-corrected chi connectivity index (χ1v) is 6.51. The molecule has 0 saturated carbocycles. The number of hydrogen-bond donors (Lipinski definition) is 2. The molecule has 0 spiro atoms. The zero-order valence-corrected chi connectivity index (χ0v) is 9.70. The quantitative estimate of drug-likeness (QED) is 0.562. The summed E-state index contributed by atoms with van der Waals surface area (Å²) in [6.45, 7) is 4.39. The second-order valence-electron chi connectivity index (χ2n) is 3.55. The lowest BCUT2D eigenvalue weighted by Crippen LogP contribution is -2.24. The van der Waals surface area contributed by atoms with E-state index in [2.05, 4.69) is 18.5 Å². The molecule has 0 aromatic carbocycles. The topological polar surface area (TPSA) is 32.3 Å². The number of aliphatic hydroxyl groups excluding tert-OH is 1. The summed E-state index contributed by atoms with van der Waals surface area (Å²) in [5.74, 6) is 1.68. The van der Waals surface area contributed by atoms with Crippen molar-refractivity contribution in [3.63, 3.8) is 0 Å². The van der Waals surface area contributed by atoms with E-state index < -0.39 is 0 Å². The molecule has 0 aliphatic rings. The lowest BCUT2D eigenvalue weighted by Gasteiger charge is -2.08. The summed E-state index contributed by atoms with van der Waals surface area (Å²) in [4.78, 5) is 0. The molecule has 0 aliphatic carbocycles. The standard InChI is InChI=1S/C10H23NOS/c1-10(9-12)8-11-6-4-3-5-7-13-2/h10-12H,3-9H2,1-2H3. The van der Waals surface area contributed by atoms with Crippen LogP contribution in [0.5, 0.6) is 0 Å². The maximum absolute atomic E-state index is 8.76. The van der Waals surface area contributed by atoms with Gasteiger partial charge in [-0.25, -0.2) is 0 Å². The Hall–Kier alpha value is 0.270. The van der Waals surface area contributed by atoms with Crippen molar-refractivity contribution in [2.75, 3.05) is 31.7 Å². The Morgan fingerprint density at radius 3 is 2.69 bits per heavy atom. The maximum atomic E-state index is 8.76. The van der Waals surface area contributed by atoms with Crippen molar-refractivity contribution in [2.24, 2.45) is 5.92 Å². The van der Waals surface area contributed by atoms with Gasteiger partial charge in [0.15, 0.2) is 0 Å². The monoisotopic (exact) mass is 205 g/mol. The van der Waals surface area contributed by atoms with Crippen molar-refractivity contribution in [3.8, 4) is 0 Å². The number of unbranched alkanes of at least 4 members (excludes halogenated alkanes) is 2. The summed E-state index contributed by atoms with van der Waals surface area (Å²) in [7, 11) is 0. The summed E-state index contributed by atoms with van der Waals surface area (Å²) < 4.78 is 0. The molecule has 0 heterocycles. The summed E-state index contributed by atoms with van der Waals surface area (Å²) >= 11 is 1.92. The first-order chi connectivity index (χ1) is 6.31. The third kappa shape index (κ3) is 10.2. The Morgan fingerprint density at radius 2 is 2.08 bits per heavy atom. The average Bonchev–Trinajstić information content (AvgIpc) is 2.16. The Kier molecular flexibility index (Phi) is 10.6. The Morgan fingerprint density at radius 1 is 1.31 bits per heavy atom. The van der Waals surface area contributed by atoms with Gasteiger partial charge in [0, 0.05) is 6.61 Å². The van der Waals surface area contributed by atoms with Gasteiger partial charge in [0.25, 0.3) is 0 Å². The highest BCUT2D eigenvalue weighted by Gasteiger charge is 1.97. The molecule has 1 unspecified atom stereocenters. The molecule has 13 heavy (non-hydrogen) atoms. The number of nitrogens with one attached hydrogen (secondary N) is 1. The van der Waals surface area contributed by atoms with Crippen LogP contribution in [-0.4, -0.2) is 36.8 Å². The van der Waals surface area contributed by atoms with Gasteiger partial charge in [0.2, 0.25) is 0 Å². The van der Waals surface area contributed by atoms with Crippen molar-refractivity contribution in [3.05, 3.63) is 0 Å². The number of aliphatic hydroxyl groups is 1. The van der Waals surface area contributed by atoms with Gasteiger partial charge in [-0.2, -0.15) is 11.8 Å². The molecule has 0 radical (unpaired) electrons. The van der Waals surface area contributed by atoms with Crippen LogP contribution >= 0.6 is 11.8 Å². The number of thioether (sulfide) groups is 1. The number of hydrogen-bond acceptors (Lipinski definition) is 3. The minimum Gasteiger partial charge on any atom is -0.396 e. The zero-order chi connectivity index (χ0) is 9.94. The summed E-state index contributed by atoms with van der Waals surface area (Å²) in [5, 5.41) is 12.1. The van der Waals surface area contributed by atoms with E-state index in [1.165, 1.54) is 25.0 Å². The van der Waals surface area contributed by atoms with Crippen LogP contribution in [0.3, 0.4) is 0 Å². The molecule has 1 atom stereocenters. The third-order valence-electron chi connectivity index (χ3n) is 2.01. The molecule has 0 saturated heterocycles. The fourth-order valence-corrected chi connectivity index (χ4v) is 1.58. The summed E-state index contributed by atoms with van der Waals surface area (Å²) in [5.41, 5.74) is 0. The molecule has 2 N–H and O–H groups in total. The van der Waals surface area contributed by atoms with Gasteiger partial charge in [0.1, 0.15) is 0 Å². The van der Waals surface area contributed by atoms with Gasteiger partial charge in [-0.1, -0.05) is 13.3 Å². The highest BCUT2D eigenvalue weighted by atomic mass is 32.2. The van der Waals surface area contributed by atoms with E-state index in [9.17, 15) is 0 Å². The largest absolute Gasteiger partial charge is 0.396 e. The summed E-state index contributed by atoms with van der Waals surface area (Å²) in [6, 6.07) is 0. The van der Waals surface area contributed by atoms with Crippen LogP contribution in [0.15, 0.2) is 0 Å². The zero-order valence-electron chi connectivity index (χ0n) is 8.88. The summed E-state index contributed by atoms with van der Waals surface area (Å²) in [6.07, 6.45) is 6.07. The Bertz CT molecular complexity index is 101. The molecule has 0 aliphatic heterocycles. The van der Waals surface area contributed by atoms with Gasteiger partial charge >= 0.3 is 0 Å². The SMILES string of the molecule is CSCCCCCNCC(C)CO. The fourth-order valence-electron chi connectivity index (χ4n) is 1.09. The van der Waals surface area contributed by atoms with E-state index in [1.807, 2.05) is 11.8 Å². The van der Waals surface area contributed by atoms with E-state index in [-0.39, 0.29) is 0 Å². The van der Waals surface area contributed by atoms with Gasteiger partial charge < -0.3 is 10.4 Å². The van der Waals surface area contributed by atoms with Crippen LogP contribution in [0.1, 0.15) is 26.2 Å². The van der Waals surface area contributed by atoms with Crippen LogP contribution in [0.2, 0.25) is 0 Å². The van der Waals surface area contributed by atoms with Crippen molar-refractivity contribution in [1.29, 1.82) is 0 Å². The molecule has 0 aromatic heterocycles. The molecule has 0 fully saturated rings. The van der Waals surface area contributed by atoms with Crippen LogP contribution in [-0.2, 0) is 0 Å². The lowest BCUT2D eigenvalue weighted by molar-refractivity contribution is 0.234. The minimum absolute atomic E-state index is 0.291. The van der Waals surface area contributed by atoms with Gasteiger partial charge in [-0.05, 0) is 43.9 Å². The van der Waals surface area contributed by atoms with Crippen molar-refractivity contribution in [1.82, 2.24) is 5.32 Å². The third-order valence-corrected chi connectivity index (χ3v) is 2.70. The molecular weight excluding hydrogens is 182 g/mol. The van der Waals surface area contributed by atoms with Crippen molar-refractivity contribution >= 4 is 11.8 Å². The van der Waals surface area contributed by atoms with Crippen LogP contribution in [0, 0.1) is 5.92 Å². The van der Waals surface area contributed by atoms with E-state index in [0.717, 1.165) is 13.1 Å². The lowest BCUT2D eigenvalue weighted by atomic mass is 10.2. The smallest absolute Gasteiger partial charge is 0.0468 e. The van der Waals surface area contributed by atoms with Gasteiger partial charge in [0.05, 0.1) is 0 Å². The van der Waals surface area contributed by atoms with Crippen LogP contribution < -0.4 is 5.32 Å². The second-order valence-corrected chi connectivity index (χ2v) is 4.53. The Labute approximate surface area is 86.5 Å². The molecule has 0 aromatic rings. The van der Waals surface area contributed by atoms with Crippen LogP contribution in [0.25, 0.3) is 0 Å². The molecule has 80 valence electrons. The average molecular weight is 205 g/mol. The predicted octanol–water partition coefficient (Wildman–Crippen LogP) is 1.74. The first-order valence-electron chi connectivity index (χ1n) is 5.11. The first kappa shape index (κ1) is 13.3. The maximum Gasteiger partial charge on any atom is 0.0468 e. The molecule has 2 nitrogen and oxygen atoms in total. The molecule has 0 bridgehead atoms. The molecule has 0 rings (SSSR count). The fraction of sp³-hybridized carbons (Fsp3) is 1.00. The van der Waals surface area contributed by atoms with Gasteiger partial charge in [-0.3, -0.25) is 0 Å². The van der Waals surface area contributed by atoms with Crippen LogP contribution in [0.4, 0.5) is 0 Å². The predicted molar refractivity (Wildman–Crippen MR) is 61.4 cm³/mol. The van der Waals surface area contributed by atoms with E-state index >= 15 is 0 Å². The van der Waals surface area contributed by atoms with Crippen molar-refractivity contribution < 1.29 is 5.11 Å². The molecule has 0 amide bonds. The van der Waals surface area contributed by atoms with Gasteiger partial charge in [-0.15, -0.1) is 0 Å². The minimum atomic E-state index is 0.291. The van der Waals surface area contributed by atoms with E-state index in [0.29, 0.717) is 12.5 Å². The van der Waals surface area contributed by atoms with E-state index in [4.69, 9.17) is 5.11 Å². The Balaban J connectivity index is 2.91. The second kappa shape index (κ2) is 10.4.